The summed E-state index contributed by atoms with van der Waals surface area (Å²) in [5, 5.41) is 181. The quantitative estimate of drug-likeness (QED) is 0.0252. The highest BCUT2D eigenvalue weighted by atomic mass is 16.8. The Morgan fingerprint density at radius 2 is 0.771 bits per heavy atom. The molecule has 0 spiro atoms. The lowest BCUT2D eigenvalue weighted by atomic mass is 9.94. The SMILES string of the molecule is CCCCCCCCCCCCC/C=C/[C@@H](O)[C@H](CO[C@@H]1O[C@H](CO)[C@@H](O[C@@H]2O[C@H](CO)[C@H](O[C@H]3O[C@H](CO)[C@H](O)[C@H](O[C@@H]4O[C@H](CO)[C@H](O)[C@H](O[C@@H]5O[C@H](CO)[C@H](O)[C@H](O)[C@H]5O)[C@H]4NC(C)=O)[C@H]3O)[C@H](O)[C@H]2O)[C@H](O)[C@H]1O)NC(=O)CCCCCCCCCCCCCCC. The second-order valence-corrected chi connectivity index (χ2v) is 26.4. The van der Waals surface area contributed by atoms with E-state index < -0.39 is 211 Å². The van der Waals surface area contributed by atoms with Crippen molar-refractivity contribution in [2.24, 2.45) is 0 Å². The van der Waals surface area contributed by atoms with E-state index in [4.69, 9.17) is 47.4 Å². The number of rotatable bonds is 46. The van der Waals surface area contributed by atoms with Crippen LogP contribution in [0.5, 0.6) is 0 Å². The zero-order valence-corrected chi connectivity index (χ0v) is 56.4. The van der Waals surface area contributed by atoms with Gasteiger partial charge in [-0.05, 0) is 19.3 Å². The Kier molecular flexibility index (Phi) is 40.0. The van der Waals surface area contributed by atoms with Crippen molar-refractivity contribution in [1.82, 2.24) is 10.6 Å². The second kappa shape index (κ2) is 45.6. The van der Waals surface area contributed by atoms with Gasteiger partial charge in [-0.2, -0.15) is 0 Å². The molecule has 0 aliphatic carbocycles. The minimum Gasteiger partial charge on any atom is -0.394 e. The van der Waals surface area contributed by atoms with Crippen LogP contribution in [0.15, 0.2) is 12.2 Å². The van der Waals surface area contributed by atoms with Crippen molar-refractivity contribution in [3.63, 3.8) is 0 Å². The molecule has 5 fully saturated rings. The number of nitrogens with one attached hydrogen (secondary N) is 2. The van der Waals surface area contributed by atoms with Crippen molar-refractivity contribution in [1.29, 1.82) is 0 Å². The number of hydrogen-bond donors (Lipinski definition) is 18. The van der Waals surface area contributed by atoms with Crippen LogP contribution in [0.3, 0.4) is 0 Å². The molecule has 0 unspecified atom stereocenters. The summed E-state index contributed by atoms with van der Waals surface area (Å²) in [6.45, 7) is 0.320. The molecule has 18 N–H and O–H groups in total. The van der Waals surface area contributed by atoms with Crippen molar-refractivity contribution in [2.75, 3.05) is 39.6 Å². The average molecular weight is 1390 g/mol. The highest BCUT2D eigenvalue weighted by Crippen LogP contribution is 2.36. The first-order valence-electron chi connectivity index (χ1n) is 35.5. The van der Waals surface area contributed by atoms with E-state index in [9.17, 15) is 91.3 Å². The fourth-order valence-electron chi connectivity index (χ4n) is 12.9. The van der Waals surface area contributed by atoms with Crippen LogP contribution < -0.4 is 10.6 Å². The van der Waals surface area contributed by atoms with Crippen LogP contribution in [-0.2, 0) is 57.0 Å². The van der Waals surface area contributed by atoms with E-state index in [2.05, 4.69) is 24.5 Å². The molecule has 30 heteroatoms. The number of amides is 2. The minimum atomic E-state index is -2.19. The number of unbranched alkanes of at least 4 members (excludes halogenated alkanes) is 23. The van der Waals surface area contributed by atoms with Gasteiger partial charge < -0.3 is 140 Å². The molecule has 562 valence electrons. The Morgan fingerprint density at radius 1 is 0.406 bits per heavy atom. The number of carbonyl (C=O) groups is 2. The van der Waals surface area contributed by atoms with Crippen molar-refractivity contribution >= 4 is 11.8 Å². The number of carbonyl (C=O) groups excluding carboxylic acids is 2. The maximum atomic E-state index is 13.4. The maximum Gasteiger partial charge on any atom is 0.220 e. The van der Waals surface area contributed by atoms with Crippen molar-refractivity contribution < 1.29 is 139 Å². The van der Waals surface area contributed by atoms with Gasteiger partial charge in [0.1, 0.15) is 122 Å². The molecule has 0 aromatic carbocycles. The Hall–Kier alpha value is -2.36. The van der Waals surface area contributed by atoms with Gasteiger partial charge in [-0.3, -0.25) is 9.59 Å². The molecule has 5 heterocycles. The molecule has 2 amide bonds. The summed E-state index contributed by atoms with van der Waals surface area (Å²) < 4.78 is 58.3. The van der Waals surface area contributed by atoms with E-state index in [1.54, 1.807) is 6.08 Å². The van der Waals surface area contributed by atoms with Crippen LogP contribution in [0.25, 0.3) is 0 Å². The van der Waals surface area contributed by atoms with Crippen LogP contribution in [0.1, 0.15) is 188 Å². The minimum absolute atomic E-state index is 0.198. The predicted octanol–water partition coefficient (Wildman–Crippen LogP) is -1.17. The van der Waals surface area contributed by atoms with Crippen LogP contribution in [0.2, 0.25) is 0 Å². The fourth-order valence-corrected chi connectivity index (χ4v) is 12.9. The third-order valence-electron chi connectivity index (χ3n) is 18.7. The first-order chi connectivity index (χ1) is 46.2. The lowest BCUT2D eigenvalue weighted by Crippen LogP contribution is -2.70. The van der Waals surface area contributed by atoms with Crippen LogP contribution in [0, 0.1) is 0 Å². The Morgan fingerprint density at radius 3 is 1.24 bits per heavy atom. The van der Waals surface area contributed by atoms with Gasteiger partial charge in [0.2, 0.25) is 11.8 Å². The molecule has 0 radical (unpaired) electrons. The Labute approximate surface area is 564 Å². The van der Waals surface area contributed by atoms with Gasteiger partial charge in [-0.1, -0.05) is 167 Å². The summed E-state index contributed by atoms with van der Waals surface area (Å²) in [6.07, 6.45) is -14.1. The number of aliphatic hydroxyl groups is 16. The molecular formula is C66H120N2O28. The number of ether oxygens (including phenoxy) is 10. The lowest BCUT2D eigenvalue weighted by Gasteiger charge is -2.50. The van der Waals surface area contributed by atoms with Gasteiger partial charge in [-0.25, -0.2) is 0 Å². The monoisotopic (exact) mass is 1390 g/mol. The molecule has 5 aliphatic rings. The second-order valence-electron chi connectivity index (χ2n) is 26.4. The van der Waals surface area contributed by atoms with E-state index in [1.807, 2.05) is 6.08 Å². The molecule has 0 aromatic rings. The molecule has 0 saturated carbocycles. The first-order valence-corrected chi connectivity index (χ1v) is 35.5. The third-order valence-corrected chi connectivity index (χ3v) is 18.7. The summed E-state index contributed by atoms with van der Waals surface area (Å²) >= 11 is 0. The van der Waals surface area contributed by atoms with E-state index in [-0.39, 0.29) is 12.3 Å². The van der Waals surface area contributed by atoms with Gasteiger partial charge in [0, 0.05) is 13.3 Å². The molecular weight excluding hydrogens is 1270 g/mol. The number of aliphatic hydroxyl groups excluding tert-OH is 16. The zero-order valence-electron chi connectivity index (χ0n) is 56.4. The van der Waals surface area contributed by atoms with E-state index >= 15 is 0 Å². The van der Waals surface area contributed by atoms with Gasteiger partial charge in [-0.15, -0.1) is 0 Å². The van der Waals surface area contributed by atoms with Crippen molar-refractivity contribution in [2.45, 2.75) is 353 Å². The van der Waals surface area contributed by atoms with E-state index in [0.717, 1.165) is 51.9 Å². The topological polar surface area (TPSA) is 474 Å². The normalized spacial score (nSPS) is 36.6. The van der Waals surface area contributed by atoms with E-state index in [0.29, 0.717) is 12.8 Å². The van der Waals surface area contributed by atoms with Crippen LogP contribution >= 0.6 is 0 Å². The summed E-state index contributed by atoms with van der Waals surface area (Å²) in [5.41, 5.74) is 0. The summed E-state index contributed by atoms with van der Waals surface area (Å²) in [4.78, 5) is 26.1. The van der Waals surface area contributed by atoms with Crippen molar-refractivity contribution in [3.05, 3.63) is 12.2 Å². The Bertz CT molecular complexity index is 2110. The molecule has 0 aromatic heterocycles. The smallest absolute Gasteiger partial charge is 0.220 e. The highest BCUT2D eigenvalue weighted by Gasteiger charge is 2.57. The molecule has 27 atom stereocenters. The molecule has 96 heavy (non-hydrogen) atoms. The molecule has 0 bridgehead atoms. The number of hydrogen-bond acceptors (Lipinski definition) is 28. The predicted molar refractivity (Wildman–Crippen MR) is 340 cm³/mol. The fraction of sp³-hybridized carbons (Fsp3) is 0.939. The molecule has 30 nitrogen and oxygen atoms in total. The van der Waals surface area contributed by atoms with Crippen LogP contribution in [0.4, 0.5) is 0 Å². The largest absolute Gasteiger partial charge is 0.394 e. The van der Waals surface area contributed by atoms with Gasteiger partial charge in [0.25, 0.3) is 0 Å². The number of allylic oxidation sites excluding steroid dienone is 1. The molecule has 5 aliphatic heterocycles. The van der Waals surface area contributed by atoms with Gasteiger partial charge in [0.15, 0.2) is 31.5 Å². The zero-order chi connectivity index (χ0) is 70.3. The maximum absolute atomic E-state index is 13.4. The van der Waals surface area contributed by atoms with Gasteiger partial charge >= 0.3 is 0 Å². The summed E-state index contributed by atoms with van der Waals surface area (Å²) in [5.74, 6) is -1.14. The Balaban J connectivity index is 1.20. The van der Waals surface area contributed by atoms with Crippen molar-refractivity contribution in [3.8, 4) is 0 Å². The summed E-state index contributed by atoms with van der Waals surface area (Å²) in [7, 11) is 0. The standard InChI is InChI=1S/C66H120N2O28/c1-4-6-8-10-12-14-16-18-20-22-24-26-28-30-40(75)39(68-46(76)31-29-27-25-23-21-19-17-15-13-11-9-7-5-2)37-87-63-55(84)52(81)58(44(35-72)91-63)93-65-56(85)53(82)59(45(36-73)92-65)94-66-57(86)61(50(79)43(34-71)90-66)96-62-47(67-38(3)74)60(49(78)42(33-70)88-62)95-64-54(83)51(80)48(77)41(32-69)89-64/h28,30,39-45,47-66,69-73,75,77-86H,4-27,29,31-37H2,1-3H3,(H,67,74)(H,68,76)/b30-28+/t39-,40+,41+,42+,43+,44+,45+,47+,48-,49-,50-,51-,52+,53+,54+,55+,56+,57+,58+,59-,60+,61-,62-,63+,64-,65-,66+/m0/s1. The third kappa shape index (κ3) is 25.9. The molecule has 5 saturated heterocycles. The first kappa shape index (κ1) is 84.3. The highest BCUT2D eigenvalue weighted by molar-refractivity contribution is 5.76. The summed E-state index contributed by atoms with van der Waals surface area (Å²) in [6, 6.07) is -2.74. The lowest BCUT2D eigenvalue weighted by molar-refractivity contribution is -0.389. The van der Waals surface area contributed by atoms with Gasteiger partial charge in [0.05, 0.1) is 51.8 Å². The van der Waals surface area contributed by atoms with Crippen LogP contribution in [-0.4, -0.2) is 299 Å². The average Bonchev–Trinajstić information content (AvgIpc) is 0.783. The molecule has 5 rings (SSSR count). The van der Waals surface area contributed by atoms with E-state index in [1.165, 1.54) is 103 Å².